The third-order valence-corrected chi connectivity index (χ3v) is 5.79. The van der Waals surface area contributed by atoms with Gasteiger partial charge in [-0.3, -0.25) is 14.4 Å². The smallest absolute Gasteiger partial charge is 0.247 e. The molecule has 0 saturated carbocycles. The minimum Gasteiger partial charge on any atom is -0.497 e. The Morgan fingerprint density at radius 1 is 1.17 bits per heavy atom. The highest BCUT2D eigenvalue weighted by Crippen LogP contribution is 2.44. The van der Waals surface area contributed by atoms with E-state index >= 15 is 0 Å². The number of carbonyl (C=O) groups is 3. The van der Waals surface area contributed by atoms with Gasteiger partial charge in [-0.25, -0.2) is 0 Å². The maximum absolute atomic E-state index is 13.2. The monoisotopic (exact) mass is 401 g/mol. The zero-order valence-electron chi connectivity index (χ0n) is 16.8. The molecule has 1 fully saturated rings. The lowest BCUT2D eigenvalue weighted by molar-refractivity contribution is -0.140. The standard InChI is InChI=1S/C21H27N3O5/c1-12-4-9-15-17(16(12)19(26)22-2)21(28)24(10-11-25)18(15)20(27)23-13-5-7-14(29-3)8-6-13/h4-9,12,15-18,25H,10-11H2,1-3H3,(H,22,26)(H,23,27)/t12-,15+,16-,17-,18+/m1/s1. The van der Waals surface area contributed by atoms with Crippen molar-refractivity contribution in [1.82, 2.24) is 10.2 Å². The second-order valence-corrected chi connectivity index (χ2v) is 7.41. The van der Waals surface area contributed by atoms with Gasteiger partial charge in [-0.2, -0.15) is 0 Å². The summed E-state index contributed by atoms with van der Waals surface area (Å²) in [5, 5.41) is 14.9. The van der Waals surface area contributed by atoms with Crippen LogP contribution >= 0.6 is 0 Å². The molecule has 1 aromatic rings. The molecule has 1 aromatic carbocycles. The van der Waals surface area contributed by atoms with Crippen molar-refractivity contribution < 1.29 is 24.2 Å². The Morgan fingerprint density at radius 3 is 2.45 bits per heavy atom. The number of benzene rings is 1. The van der Waals surface area contributed by atoms with Crippen molar-refractivity contribution in [1.29, 1.82) is 0 Å². The van der Waals surface area contributed by atoms with Crippen LogP contribution in [0.1, 0.15) is 6.92 Å². The van der Waals surface area contributed by atoms with E-state index in [1.807, 2.05) is 19.1 Å². The number of nitrogens with one attached hydrogen (secondary N) is 2. The second-order valence-electron chi connectivity index (χ2n) is 7.41. The Kier molecular flexibility index (Phi) is 6.22. The number of methoxy groups -OCH3 is 1. The maximum atomic E-state index is 13.2. The van der Waals surface area contributed by atoms with Crippen molar-refractivity contribution in [2.75, 3.05) is 32.6 Å². The van der Waals surface area contributed by atoms with Crippen LogP contribution in [-0.4, -0.2) is 61.1 Å². The molecule has 2 aliphatic rings. The molecule has 3 amide bonds. The van der Waals surface area contributed by atoms with Gasteiger partial charge in [0.1, 0.15) is 11.8 Å². The lowest BCUT2D eigenvalue weighted by Crippen LogP contribution is -2.45. The van der Waals surface area contributed by atoms with Crippen molar-refractivity contribution in [3.05, 3.63) is 36.4 Å². The van der Waals surface area contributed by atoms with Gasteiger partial charge in [0.15, 0.2) is 0 Å². The molecule has 156 valence electrons. The Labute approximate surface area is 169 Å². The Hall–Kier alpha value is -2.87. The summed E-state index contributed by atoms with van der Waals surface area (Å²) in [6, 6.07) is 6.10. The number of anilines is 1. The van der Waals surface area contributed by atoms with E-state index in [0.717, 1.165) is 0 Å². The molecule has 3 rings (SSSR count). The van der Waals surface area contributed by atoms with E-state index in [0.29, 0.717) is 11.4 Å². The molecule has 0 unspecified atom stereocenters. The molecule has 1 aliphatic carbocycles. The second kappa shape index (κ2) is 8.65. The Balaban J connectivity index is 1.90. The number of allylic oxidation sites excluding steroid dienone is 1. The first-order valence-electron chi connectivity index (χ1n) is 9.69. The van der Waals surface area contributed by atoms with Gasteiger partial charge >= 0.3 is 0 Å². The number of amides is 3. The molecule has 1 heterocycles. The first-order valence-corrected chi connectivity index (χ1v) is 9.69. The fourth-order valence-electron chi connectivity index (χ4n) is 4.40. The largest absolute Gasteiger partial charge is 0.497 e. The predicted molar refractivity (Wildman–Crippen MR) is 107 cm³/mol. The summed E-state index contributed by atoms with van der Waals surface area (Å²) in [7, 11) is 3.10. The van der Waals surface area contributed by atoms with Crippen LogP contribution in [0.15, 0.2) is 36.4 Å². The van der Waals surface area contributed by atoms with Crippen LogP contribution in [0, 0.1) is 23.7 Å². The number of nitrogens with zero attached hydrogens (tertiary/aromatic N) is 1. The van der Waals surface area contributed by atoms with Crippen molar-refractivity contribution in [2.24, 2.45) is 23.7 Å². The van der Waals surface area contributed by atoms with Crippen molar-refractivity contribution in [3.63, 3.8) is 0 Å². The van der Waals surface area contributed by atoms with E-state index in [9.17, 15) is 19.5 Å². The van der Waals surface area contributed by atoms with Crippen LogP contribution < -0.4 is 15.4 Å². The van der Waals surface area contributed by atoms with E-state index < -0.39 is 23.8 Å². The van der Waals surface area contributed by atoms with Gasteiger partial charge in [0.05, 0.1) is 25.6 Å². The lowest BCUT2D eigenvalue weighted by atomic mass is 9.70. The summed E-state index contributed by atoms with van der Waals surface area (Å²) >= 11 is 0. The molecular weight excluding hydrogens is 374 g/mol. The highest BCUT2D eigenvalue weighted by molar-refractivity contribution is 6.01. The van der Waals surface area contributed by atoms with Crippen LogP contribution in [-0.2, 0) is 14.4 Å². The number of fused-ring (bicyclic) bond motifs is 1. The molecule has 1 saturated heterocycles. The van der Waals surface area contributed by atoms with E-state index in [1.54, 1.807) is 38.4 Å². The molecule has 0 radical (unpaired) electrons. The molecule has 29 heavy (non-hydrogen) atoms. The van der Waals surface area contributed by atoms with Gasteiger partial charge in [0.2, 0.25) is 17.7 Å². The zero-order valence-corrected chi connectivity index (χ0v) is 16.8. The molecular formula is C21H27N3O5. The molecule has 0 spiro atoms. The summed E-state index contributed by atoms with van der Waals surface area (Å²) in [6.45, 7) is 1.66. The van der Waals surface area contributed by atoms with Crippen LogP contribution in [0.5, 0.6) is 5.75 Å². The first-order chi connectivity index (χ1) is 13.9. The van der Waals surface area contributed by atoms with Crippen LogP contribution in [0.3, 0.4) is 0 Å². The summed E-state index contributed by atoms with van der Waals surface area (Å²) in [4.78, 5) is 40.2. The topological polar surface area (TPSA) is 108 Å². The number of aliphatic hydroxyl groups excluding tert-OH is 1. The van der Waals surface area contributed by atoms with E-state index in [-0.39, 0.29) is 36.8 Å². The number of likely N-dealkylation sites (tertiary alicyclic amines) is 1. The number of hydrogen-bond acceptors (Lipinski definition) is 5. The van der Waals surface area contributed by atoms with E-state index in [4.69, 9.17) is 4.74 Å². The summed E-state index contributed by atoms with van der Waals surface area (Å²) < 4.78 is 5.12. The molecule has 1 aliphatic heterocycles. The molecule has 5 atom stereocenters. The van der Waals surface area contributed by atoms with E-state index in [2.05, 4.69) is 10.6 Å². The average molecular weight is 401 g/mol. The number of carbonyl (C=O) groups excluding carboxylic acids is 3. The molecule has 0 aromatic heterocycles. The Bertz CT molecular complexity index is 807. The number of rotatable bonds is 6. The van der Waals surface area contributed by atoms with Gasteiger partial charge in [-0.15, -0.1) is 0 Å². The van der Waals surface area contributed by atoms with Crippen LogP contribution in [0.4, 0.5) is 5.69 Å². The maximum Gasteiger partial charge on any atom is 0.247 e. The number of hydrogen-bond donors (Lipinski definition) is 3. The fourth-order valence-corrected chi connectivity index (χ4v) is 4.40. The quantitative estimate of drug-likeness (QED) is 0.606. The minimum atomic E-state index is -0.794. The number of aliphatic hydroxyl groups is 1. The van der Waals surface area contributed by atoms with Gasteiger partial charge < -0.3 is 25.4 Å². The first kappa shape index (κ1) is 20.9. The van der Waals surface area contributed by atoms with Crippen molar-refractivity contribution >= 4 is 23.4 Å². The summed E-state index contributed by atoms with van der Waals surface area (Å²) in [5.74, 6) is -1.92. The normalized spacial score (nSPS) is 28.1. The van der Waals surface area contributed by atoms with Gasteiger partial charge in [0, 0.05) is 25.2 Å². The van der Waals surface area contributed by atoms with Crippen LogP contribution in [0.2, 0.25) is 0 Å². The number of β-amino-alcohol motifs (C(OH)–C–C–N with tert-alkyl or cyclic N) is 1. The SMILES string of the molecule is CNC(=O)[C@H]1[C@@H]2C(=O)N(CCO)[C@H](C(=O)Nc3ccc(OC)cc3)[C@H]2C=C[C@H]1C. The third-order valence-electron chi connectivity index (χ3n) is 5.79. The number of ether oxygens (including phenoxy) is 1. The van der Waals surface area contributed by atoms with Gasteiger partial charge in [-0.1, -0.05) is 19.1 Å². The van der Waals surface area contributed by atoms with Crippen molar-refractivity contribution in [2.45, 2.75) is 13.0 Å². The fraction of sp³-hybridized carbons (Fsp3) is 0.476. The molecule has 8 nitrogen and oxygen atoms in total. The zero-order chi connectivity index (χ0) is 21.1. The third kappa shape index (κ3) is 3.85. The average Bonchev–Trinajstić information content (AvgIpc) is 3.00. The molecule has 3 N–H and O–H groups in total. The van der Waals surface area contributed by atoms with Gasteiger partial charge in [0.25, 0.3) is 0 Å². The highest BCUT2D eigenvalue weighted by atomic mass is 16.5. The predicted octanol–water partition coefficient (Wildman–Crippen LogP) is 0.637. The highest BCUT2D eigenvalue weighted by Gasteiger charge is 2.56. The summed E-state index contributed by atoms with van der Waals surface area (Å²) in [5.41, 5.74) is 0.576. The summed E-state index contributed by atoms with van der Waals surface area (Å²) in [6.07, 6.45) is 3.76. The molecule has 8 heteroatoms. The van der Waals surface area contributed by atoms with E-state index in [1.165, 1.54) is 4.90 Å². The molecule has 0 bridgehead atoms. The minimum absolute atomic E-state index is 0.0369. The van der Waals surface area contributed by atoms with Gasteiger partial charge in [-0.05, 0) is 30.2 Å². The van der Waals surface area contributed by atoms with Crippen molar-refractivity contribution in [3.8, 4) is 5.75 Å². The Morgan fingerprint density at radius 2 is 1.86 bits per heavy atom. The lowest BCUT2D eigenvalue weighted by Gasteiger charge is -2.32. The van der Waals surface area contributed by atoms with Crippen LogP contribution in [0.25, 0.3) is 0 Å².